The van der Waals surface area contributed by atoms with E-state index in [0.29, 0.717) is 22.1 Å². The largest absolute Gasteiger partial charge is 0.489 e. The van der Waals surface area contributed by atoms with Gasteiger partial charge in [0.1, 0.15) is 12.4 Å². The third-order valence-electron chi connectivity index (χ3n) is 4.10. The fourth-order valence-corrected chi connectivity index (χ4v) is 3.43. The third kappa shape index (κ3) is 4.45. The first kappa shape index (κ1) is 19.1. The number of amides is 1. The Morgan fingerprint density at radius 2 is 1.83 bits per heavy atom. The second-order valence-electron chi connectivity index (χ2n) is 6.15. The van der Waals surface area contributed by atoms with Gasteiger partial charge in [-0.1, -0.05) is 0 Å². The molecule has 150 valence electrons. The molecule has 3 aromatic rings. The van der Waals surface area contributed by atoms with E-state index < -0.39 is 17.6 Å². The van der Waals surface area contributed by atoms with Crippen LogP contribution in [0.25, 0.3) is 0 Å². The lowest BCUT2D eigenvalue weighted by Crippen LogP contribution is -2.11. The predicted molar refractivity (Wildman–Crippen MR) is 101 cm³/mol. The van der Waals surface area contributed by atoms with E-state index in [0.717, 1.165) is 17.7 Å². The first-order valence-electron chi connectivity index (χ1n) is 8.47. The highest BCUT2D eigenvalue weighted by molar-refractivity contribution is 7.12. The van der Waals surface area contributed by atoms with E-state index in [1.807, 2.05) is 0 Å². The summed E-state index contributed by atoms with van der Waals surface area (Å²) in [5.41, 5.74) is 0.314. The van der Waals surface area contributed by atoms with Crippen LogP contribution < -0.4 is 19.5 Å². The number of rotatable bonds is 5. The highest BCUT2D eigenvalue weighted by Gasteiger charge is 2.30. The van der Waals surface area contributed by atoms with Crippen LogP contribution in [0.4, 0.5) is 18.9 Å². The van der Waals surface area contributed by atoms with E-state index >= 15 is 0 Å². The minimum Gasteiger partial charge on any atom is -0.489 e. The molecule has 0 aliphatic carbocycles. The standard InChI is InChI=1S/C20H14F3NO4S/c21-20(22,23)13-1-3-14(4-2-13)24-19(25)18-7-12(10-29-18)9-26-15-5-6-16-17(8-15)28-11-27-16/h1-8,10H,9,11H2,(H,24,25). The minimum atomic E-state index is -4.41. The number of thiophene rings is 1. The second-order valence-corrected chi connectivity index (χ2v) is 7.06. The predicted octanol–water partition coefficient (Wildman–Crippen LogP) is 5.33. The fraction of sp³-hybridized carbons (Fsp3) is 0.150. The van der Waals surface area contributed by atoms with Crippen LogP contribution >= 0.6 is 11.3 Å². The smallest absolute Gasteiger partial charge is 0.416 e. The lowest BCUT2D eigenvalue weighted by Gasteiger charge is -2.08. The Balaban J connectivity index is 1.35. The molecule has 5 nitrogen and oxygen atoms in total. The molecule has 1 aromatic heterocycles. The van der Waals surface area contributed by atoms with Crippen molar-refractivity contribution in [3.63, 3.8) is 0 Å². The Labute approximate surface area is 167 Å². The van der Waals surface area contributed by atoms with Crippen LogP contribution in [0.2, 0.25) is 0 Å². The normalized spacial score (nSPS) is 12.7. The van der Waals surface area contributed by atoms with Crippen LogP contribution in [0.1, 0.15) is 20.8 Å². The van der Waals surface area contributed by atoms with Crippen LogP contribution in [0.3, 0.4) is 0 Å². The Kier molecular flexibility index (Phi) is 5.06. The van der Waals surface area contributed by atoms with E-state index in [1.54, 1.807) is 29.6 Å². The molecule has 0 bridgehead atoms. The van der Waals surface area contributed by atoms with E-state index in [1.165, 1.54) is 23.5 Å². The van der Waals surface area contributed by atoms with Crippen LogP contribution in [-0.4, -0.2) is 12.7 Å². The van der Waals surface area contributed by atoms with Crippen LogP contribution in [0, 0.1) is 0 Å². The highest BCUT2D eigenvalue weighted by atomic mass is 32.1. The number of carbonyl (C=O) groups excluding carboxylic acids is 1. The molecular weight excluding hydrogens is 407 g/mol. The summed E-state index contributed by atoms with van der Waals surface area (Å²) in [5.74, 6) is 1.49. The monoisotopic (exact) mass is 421 g/mol. The van der Waals surface area contributed by atoms with Crippen molar-refractivity contribution < 1.29 is 32.2 Å². The first-order valence-corrected chi connectivity index (χ1v) is 9.35. The molecule has 0 spiro atoms. The molecule has 9 heteroatoms. The van der Waals surface area contributed by atoms with Crippen molar-refractivity contribution in [2.24, 2.45) is 0 Å². The number of hydrogen-bond donors (Lipinski definition) is 1. The van der Waals surface area contributed by atoms with Crippen LogP contribution in [-0.2, 0) is 12.8 Å². The van der Waals surface area contributed by atoms with Crippen molar-refractivity contribution >= 4 is 22.9 Å². The molecule has 1 aliphatic rings. The molecule has 29 heavy (non-hydrogen) atoms. The number of carbonyl (C=O) groups is 1. The molecular formula is C20H14F3NO4S. The third-order valence-corrected chi connectivity index (χ3v) is 5.07. The number of hydrogen-bond acceptors (Lipinski definition) is 5. The lowest BCUT2D eigenvalue weighted by molar-refractivity contribution is -0.137. The molecule has 0 fully saturated rings. The maximum absolute atomic E-state index is 12.6. The maximum atomic E-state index is 12.6. The molecule has 0 unspecified atom stereocenters. The summed E-state index contributed by atoms with van der Waals surface area (Å²) in [5, 5.41) is 4.37. The Bertz CT molecular complexity index is 1030. The number of alkyl halides is 3. The van der Waals surface area contributed by atoms with Crippen molar-refractivity contribution in [1.29, 1.82) is 0 Å². The Morgan fingerprint density at radius 1 is 1.07 bits per heavy atom. The molecule has 0 atom stereocenters. The number of fused-ring (bicyclic) bond motifs is 1. The lowest BCUT2D eigenvalue weighted by atomic mass is 10.2. The van der Waals surface area contributed by atoms with Crippen LogP contribution in [0.5, 0.6) is 17.2 Å². The summed E-state index contributed by atoms with van der Waals surface area (Å²) in [4.78, 5) is 12.7. The average Bonchev–Trinajstić information content (AvgIpc) is 3.35. The zero-order valence-electron chi connectivity index (χ0n) is 14.8. The molecule has 1 N–H and O–H groups in total. The summed E-state index contributed by atoms with van der Waals surface area (Å²) in [7, 11) is 0. The highest BCUT2D eigenvalue weighted by Crippen LogP contribution is 2.35. The van der Waals surface area contributed by atoms with E-state index in [2.05, 4.69) is 5.32 Å². The summed E-state index contributed by atoms with van der Waals surface area (Å²) >= 11 is 1.22. The van der Waals surface area contributed by atoms with Crippen molar-refractivity contribution in [3.05, 3.63) is 69.9 Å². The van der Waals surface area contributed by atoms with Gasteiger partial charge in [-0.05, 0) is 47.8 Å². The van der Waals surface area contributed by atoms with Gasteiger partial charge in [0.2, 0.25) is 6.79 Å². The van der Waals surface area contributed by atoms with Crippen molar-refractivity contribution in [2.45, 2.75) is 12.8 Å². The minimum absolute atomic E-state index is 0.181. The van der Waals surface area contributed by atoms with Crippen LogP contribution in [0.15, 0.2) is 53.9 Å². The Hall–Kier alpha value is -3.20. The summed E-state index contributed by atoms with van der Waals surface area (Å²) < 4.78 is 54.0. The van der Waals surface area contributed by atoms with Gasteiger partial charge in [-0.3, -0.25) is 4.79 Å². The molecule has 0 saturated heterocycles. The van der Waals surface area contributed by atoms with Crippen molar-refractivity contribution in [2.75, 3.05) is 12.1 Å². The van der Waals surface area contributed by atoms with Gasteiger partial charge >= 0.3 is 6.18 Å². The molecule has 2 heterocycles. The number of nitrogens with one attached hydrogen (secondary N) is 1. The summed E-state index contributed by atoms with van der Waals surface area (Å²) in [6, 6.07) is 11.2. The van der Waals surface area contributed by atoms with E-state index in [-0.39, 0.29) is 19.1 Å². The quantitative estimate of drug-likeness (QED) is 0.605. The van der Waals surface area contributed by atoms with Gasteiger partial charge < -0.3 is 19.5 Å². The van der Waals surface area contributed by atoms with E-state index in [4.69, 9.17) is 14.2 Å². The second kappa shape index (κ2) is 7.67. The van der Waals surface area contributed by atoms with Gasteiger partial charge in [0.15, 0.2) is 11.5 Å². The summed E-state index contributed by atoms with van der Waals surface area (Å²) in [6.45, 7) is 0.435. The number of ether oxygens (including phenoxy) is 3. The van der Waals surface area contributed by atoms with Crippen molar-refractivity contribution in [3.8, 4) is 17.2 Å². The van der Waals surface area contributed by atoms with Gasteiger partial charge in [-0.15, -0.1) is 11.3 Å². The molecule has 4 rings (SSSR count). The molecule has 0 saturated carbocycles. The number of benzene rings is 2. The van der Waals surface area contributed by atoms with Gasteiger partial charge in [0.25, 0.3) is 5.91 Å². The molecule has 1 aliphatic heterocycles. The molecule has 1 amide bonds. The molecule has 0 radical (unpaired) electrons. The topological polar surface area (TPSA) is 56.8 Å². The average molecular weight is 421 g/mol. The van der Waals surface area contributed by atoms with E-state index in [9.17, 15) is 18.0 Å². The Morgan fingerprint density at radius 3 is 2.59 bits per heavy atom. The number of anilines is 1. The fourth-order valence-electron chi connectivity index (χ4n) is 2.64. The number of halogens is 3. The zero-order valence-corrected chi connectivity index (χ0v) is 15.6. The molecule has 2 aromatic carbocycles. The SMILES string of the molecule is O=C(Nc1ccc(C(F)(F)F)cc1)c1cc(COc2ccc3c(c2)OCO3)cs1. The van der Waals surface area contributed by atoms with Gasteiger partial charge in [-0.2, -0.15) is 13.2 Å². The van der Waals surface area contributed by atoms with Gasteiger partial charge in [-0.25, -0.2) is 0 Å². The van der Waals surface area contributed by atoms with Gasteiger partial charge in [0, 0.05) is 17.3 Å². The van der Waals surface area contributed by atoms with Crippen molar-refractivity contribution in [1.82, 2.24) is 0 Å². The van der Waals surface area contributed by atoms with Gasteiger partial charge in [0.05, 0.1) is 10.4 Å². The maximum Gasteiger partial charge on any atom is 0.416 e. The zero-order chi connectivity index (χ0) is 20.4. The first-order chi connectivity index (χ1) is 13.9. The summed E-state index contributed by atoms with van der Waals surface area (Å²) in [6.07, 6.45) is -4.41.